The minimum atomic E-state index is 0.235. The van der Waals surface area contributed by atoms with Gasteiger partial charge in [0.15, 0.2) is 5.65 Å². The van der Waals surface area contributed by atoms with Crippen molar-refractivity contribution in [2.45, 2.75) is 78.4 Å². The van der Waals surface area contributed by atoms with Gasteiger partial charge in [-0.1, -0.05) is 13.8 Å². The van der Waals surface area contributed by atoms with Gasteiger partial charge < -0.3 is 14.8 Å². The van der Waals surface area contributed by atoms with Crippen LogP contribution < -0.4 is 4.90 Å². The van der Waals surface area contributed by atoms with Crippen LogP contribution in [0.4, 0.5) is 5.82 Å². The van der Waals surface area contributed by atoms with Gasteiger partial charge in [0.2, 0.25) is 5.91 Å². The minimum Gasteiger partial charge on any atom is -0.353 e. The first-order valence-electron chi connectivity index (χ1n) is 14.2. The van der Waals surface area contributed by atoms with Crippen molar-refractivity contribution >= 4 is 28.4 Å². The molecule has 6 heterocycles. The average Bonchev–Trinajstić information content (AvgIpc) is 3.59. The number of carbonyl (C=O) groups is 1. The molecule has 6 rings (SSSR count). The highest BCUT2D eigenvalue weighted by Crippen LogP contribution is 2.40. The van der Waals surface area contributed by atoms with E-state index in [-0.39, 0.29) is 11.8 Å². The van der Waals surface area contributed by atoms with Gasteiger partial charge in [-0.2, -0.15) is 5.10 Å². The number of hydrogen-bond donors (Lipinski definition) is 1. The van der Waals surface area contributed by atoms with Gasteiger partial charge >= 0.3 is 0 Å². The molecular weight excluding hydrogens is 488 g/mol. The lowest BCUT2D eigenvalue weighted by molar-refractivity contribution is -0.133. The molecule has 2 atom stereocenters. The SMILES string of the molecule is Cc1c(-c2[nH]c3ccc(N4[C@@H]5CC[C@H]4CN(C(=O)CN(C)C(C)C)C5)nc3c2C(C)C)cn2ncnc2c1C. The number of likely N-dealkylation sites (N-methyl/N-ethyl adjacent to an activating group) is 1. The predicted octanol–water partition coefficient (Wildman–Crippen LogP) is 4.53. The number of anilines is 1. The van der Waals surface area contributed by atoms with Gasteiger partial charge in [0.05, 0.1) is 23.3 Å². The number of piperazine rings is 1. The second-order valence-corrected chi connectivity index (χ2v) is 12.1. The van der Waals surface area contributed by atoms with Gasteiger partial charge in [-0.05, 0) is 76.8 Å². The standard InChI is InChI=1S/C30H40N8O/c1-17(2)27-28(23-14-37-30(31-16-32-37)20(6)19(23)5)33-24-10-11-25(34-29(24)27)38-21-8-9-22(38)13-36(12-21)26(39)15-35(7)18(3)4/h10-11,14,16-18,21-22,33H,8-9,12-13,15H2,1-7H3/t21-,22+. The van der Waals surface area contributed by atoms with Crippen LogP contribution in [0.2, 0.25) is 0 Å². The highest BCUT2D eigenvalue weighted by atomic mass is 16.2. The van der Waals surface area contributed by atoms with Crippen LogP contribution in [0, 0.1) is 13.8 Å². The number of H-pyrrole nitrogens is 1. The van der Waals surface area contributed by atoms with Crippen LogP contribution in [-0.2, 0) is 4.79 Å². The van der Waals surface area contributed by atoms with E-state index < -0.39 is 0 Å². The maximum absolute atomic E-state index is 13.1. The molecule has 206 valence electrons. The van der Waals surface area contributed by atoms with Crippen LogP contribution in [0.1, 0.15) is 63.1 Å². The van der Waals surface area contributed by atoms with E-state index in [1.165, 1.54) is 11.1 Å². The molecule has 2 fully saturated rings. The molecule has 0 aromatic carbocycles. The summed E-state index contributed by atoms with van der Waals surface area (Å²) in [4.78, 5) is 33.2. The maximum atomic E-state index is 13.1. The third-order valence-corrected chi connectivity index (χ3v) is 9.00. The first-order valence-corrected chi connectivity index (χ1v) is 14.2. The Labute approximate surface area is 230 Å². The molecule has 39 heavy (non-hydrogen) atoms. The molecule has 0 aliphatic carbocycles. The number of aromatic amines is 1. The van der Waals surface area contributed by atoms with Crippen molar-refractivity contribution in [3.63, 3.8) is 0 Å². The summed E-state index contributed by atoms with van der Waals surface area (Å²) in [6.45, 7) is 15.0. The Morgan fingerprint density at radius 2 is 1.82 bits per heavy atom. The molecule has 1 N–H and O–H groups in total. The number of amides is 1. The Hall–Kier alpha value is -3.46. The number of pyridine rings is 2. The van der Waals surface area contributed by atoms with Gasteiger partial charge in [-0.3, -0.25) is 9.69 Å². The van der Waals surface area contributed by atoms with E-state index in [0.29, 0.717) is 24.7 Å². The zero-order valence-electron chi connectivity index (χ0n) is 24.2. The summed E-state index contributed by atoms with van der Waals surface area (Å²) in [5.74, 6) is 1.54. The lowest BCUT2D eigenvalue weighted by Crippen LogP contribution is -2.57. The fraction of sp³-hybridized carbons (Fsp3) is 0.533. The number of rotatable bonds is 6. The Balaban J connectivity index is 1.35. The molecule has 1 amide bonds. The molecule has 4 aromatic heterocycles. The van der Waals surface area contributed by atoms with E-state index in [0.717, 1.165) is 65.3 Å². The van der Waals surface area contributed by atoms with Gasteiger partial charge in [-0.15, -0.1) is 0 Å². The zero-order valence-corrected chi connectivity index (χ0v) is 24.2. The van der Waals surface area contributed by atoms with Crippen molar-refractivity contribution in [1.82, 2.24) is 34.4 Å². The van der Waals surface area contributed by atoms with Crippen molar-refractivity contribution in [3.05, 3.63) is 41.3 Å². The molecular formula is C30H40N8O. The Kier molecular flexibility index (Phi) is 6.37. The van der Waals surface area contributed by atoms with E-state index in [9.17, 15) is 4.79 Å². The second kappa shape index (κ2) is 9.62. The van der Waals surface area contributed by atoms with Crippen LogP contribution in [0.5, 0.6) is 0 Å². The fourth-order valence-electron chi connectivity index (χ4n) is 6.42. The molecule has 4 aromatic rings. The Morgan fingerprint density at radius 3 is 2.49 bits per heavy atom. The number of nitrogens with zero attached hydrogens (tertiary/aromatic N) is 7. The number of aryl methyl sites for hydroxylation is 1. The normalized spacial score (nSPS) is 19.5. The van der Waals surface area contributed by atoms with Gasteiger partial charge in [0.25, 0.3) is 0 Å². The molecule has 9 nitrogen and oxygen atoms in total. The summed E-state index contributed by atoms with van der Waals surface area (Å²) in [6.07, 6.45) is 5.88. The first kappa shape index (κ1) is 25.8. The largest absolute Gasteiger partial charge is 0.353 e. The molecule has 0 spiro atoms. The summed E-state index contributed by atoms with van der Waals surface area (Å²) in [6, 6.07) is 5.30. The quantitative estimate of drug-likeness (QED) is 0.396. The summed E-state index contributed by atoms with van der Waals surface area (Å²) >= 11 is 0. The van der Waals surface area contributed by atoms with Crippen LogP contribution >= 0.6 is 0 Å². The zero-order chi connectivity index (χ0) is 27.6. The lowest BCUT2D eigenvalue weighted by Gasteiger charge is -2.42. The summed E-state index contributed by atoms with van der Waals surface area (Å²) in [5, 5.41) is 4.42. The average molecular weight is 529 g/mol. The molecule has 9 heteroatoms. The first-order chi connectivity index (χ1) is 18.6. The van der Waals surface area contributed by atoms with Crippen LogP contribution in [0.25, 0.3) is 27.9 Å². The van der Waals surface area contributed by atoms with Gasteiger partial charge in [0, 0.05) is 48.5 Å². The topological polar surface area (TPSA) is 85.7 Å². The molecule has 2 saturated heterocycles. The molecule has 0 unspecified atom stereocenters. The predicted molar refractivity (Wildman–Crippen MR) is 155 cm³/mol. The number of nitrogens with one attached hydrogen (secondary N) is 1. The monoisotopic (exact) mass is 528 g/mol. The molecule has 2 bridgehead atoms. The molecule has 0 radical (unpaired) electrons. The van der Waals surface area contributed by atoms with Crippen LogP contribution in [0.15, 0.2) is 24.7 Å². The van der Waals surface area contributed by atoms with E-state index in [4.69, 9.17) is 4.98 Å². The highest BCUT2D eigenvalue weighted by molar-refractivity contribution is 5.90. The van der Waals surface area contributed by atoms with Crippen molar-refractivity contribution in [1.29, 1.82) is 0 Å². The van der Waals surface area contributed by atoms with Crippen molar-refractivity contribution in [3.8, 4) is 11.3 Å². The molecule has 0 saturated carbocycles. The number of aromatic nitrogens is 5. The maximum Gasteiger partial charge on any atom is 0.236 e. The number of hydrogen-bond acceptors (Lipinski definition) is 6. The highest BCUT2D eigenvalue weighted by Gasteiger charge is 2.42. The summed E-state index contributed by atoms with van der Waals surface area (Å²) < 4.78 is 1.86. The third kappa shape index (κ3) is 4.27. The minimum absolute atomic E-state index is 0.235. The second-order valence-electron chi connectivity index (χ2n) is 12.1. The van der Waals surface area contributed by atoms with Crippen LogP contribution in [-0.4, -0.2) is 85.1 Å². The summed E-state index contributed by atoms with van der Waals surface area (Å²) in [7, 11) is 2.02. The number of likely N-dealkylation sites (tertiary alicyclic amines) is 1. The van der Waals surface area contributed by atoms with Gasteiger partial charge in [0.1, 0.15) is 12.1 Å². The molecule has 2 aliphatic rings. The third-order valence-electron chi connectivity index (χ3n) is 9.00. The number of carbonyl (C=O) groups excluding carboxylic acids is 1. The Bertz CT molecular complexity index is 1540. The smallest absolute Gasteiger partial charge is 0.236 e. The molecule has 2 aliphatic heterocycles. The van der Waals surface area contributed by atoms with Crippen molar-refractivity contribution in [2.24, 2.45) is 0 Å². The van der Waals surface area contributed by atoms with E-state index in [2.05, 4.69) is 89.6 Å². The lowest BCUT2D eigenvalue weighted by atomic mass is 9.95. The number of fused-ring (bicyclic) bond motifs is 4. The van der Waals surface area contributed by atoms with Crippen molar-refractivity contribution < 1.29 is 4.79 Å². The van der Waals surface area contributed by atoms with Crippen molar-refractivity contribution in [2.75, 3.05) is 31.6 Å². The van der Waals surface area contributed by atoms with E-state index in [1.54, 1.807) is 6.33 Å². The van der Waals surface area contributed by atoms with Crippen LogP contribution in [0.3, 0.4) is 0 Å². The summed E-state index contributed by atoms with van der Waals surface area (Å²) in [5.41, 5.74) is 8.77. The van der Waals surface area contributed by atoms with E-state index in [1.807, 2.05) is 11.6 Å². The fourth-order valence-corrected chi connectivity index (χ4v) is 6.42. The van der Waals surface area contributed by atoms with E-state index >= 15 is 0 Å². The Morgan fingerprint density at radius 1 is 1.10 bits per heavy atom. The van der Waals surface area contributed by atoms with Gasteiger partial charge in [-0.25, -0.2) is 14.5 Å².